The van der Waals surface area contributed by atoms with Gasteiger partial charge >= 0.3 is 0 Å². The molecule has 0 spiro atoms. The normalized spacial score (nSPS) is 11.0. The molecule has 0 amide bonds. The van der Waals surface area contributed by atoms with Crippen molar-refractivity contribution in [1.82, 2.24) is 19.9 Å². The molecule has 5 aromatic rings. The second-order valence-electron chi connectivity index (χ2n) is 7.09. The first kappa shape index (κ1) is 19.6. The number of nitrogens with zero attached hydrogens (tertiary/aromatic N) is 3. The monoisotopic (exact) mass is 427 g/mol. The van der Waals surface area contributed by atoms with Crippen LogP contribution in [0.3, 0.4) is 0 Å². The van der Waals surface area contributed by atoms with Crippen LogP contribution in [0.4, 0.5) is 11.5 Å². The van der Waals surface area contributed by atoms with Crippen LogP contribution < -0.4 is 19.5 Å². The first-order valence-corrected chi connectivity index (χ1v) is 9.97. The van der Waals surface area contributed by atoms with Gasteiger partial charge in [-0.25, -0.2) is 15.0 Å². The number of rotatable bonds is 6. The maximum atomic E-state index is 5.59. The van der Waals surface area contributed by atoms with Crippen molar-refractivity contribution in [3.05, 3.63) is 60.9 Å². The van der Waals surface area contributed by atoms with Crippen molar-refractivity contribution >= 4 is 33.4 Å². The van der Waals surface area contributed by atoms with Gasteiger partial charge in [-0.1, -0.05) is 12.1 Å². The lowest BCUT2D eigenvalue weighted by molar-refractivity contribution is 0.397. The second kappa shape index (κ2) is 8.07. The molecular formula is C24H21N5O3. The van der Waals surface area contributed by atoms with Crippen LogP contribution in [0.5, 0.6) is 17.2 Å². The molecule has 3 aromatic carbocycles. The van der Waals surface area contributed by atoms with E-state index >= 15 is 0 Å². The summed E-state index contributed by atoms with van der Waals surface area (Å²) in [4.78, 5) is 16.9. The van der Waals surface area contributed by atoms with Crippen molar-refractivity contribution in [3.8, 4) is 28.6 Å². The highest BCUT2D eigenvalue weighted by atomic mass is 16.5. The van der Waals surface area contributed by atoms with Gasteiger partial charge in [0.05, 0.1) is 43.3 Å². The van der Waals surface area contributed by atoms with Crippen LogP contribution in [-0.4, -0.2) is 41.3 Å². The minimum Gasteiger partial charge on any atom is -0.497 e. The molecule has 0 fully saturated rings. The largest absolute Gasteiger partial charge is 0.497 e. The quantitative estimate of drug-likeness (QED) is 0.396. The van der Waals surface area contributed by atoms with Gasteiger partial charge in [0.1, 0.15) is 40.7 Å². The minimum absolute atomic E-state index is 0.613. The fraction of sp³-hybridized carbons (Fsp3) is 0.125. The summed E-state index contributed by atoms with van der Waals surface area (Å²) in [5.74, 6) is 3.34. The van der Waals surface area contributed by atoms with E-state index in [2.05, 4.69) is 20.3 Å². The third-order valence-electron chi connectivity index (χ3n) is 5.24. The summed E-state index contributed by atoms with van der Waals surface area (Å²) >= 11 is 0. The molecular weight excluding hydrogens is 406 g/mol. The molecule has 2 heterocycles. The molecule has 160 valence electrons. The predicted molar refractivity (Wildman–Crippen MR) is 124 cm³/mol. The first-order chi connectivity index (χ1) is 15.7. The van der Waals surface area contributed by atoms with Gasteiger partial charge in [-0.3, -0.25) is 0 Å². The highest BCUT2D eigenvalue weighted by molar-refractivity contribution is 5.95. The number of para-hydroxylation sites is 2. The Balaban J connectivity index is 1.59. The molecule has 0 saturated carbocycles. The lowest BCUT2D eigenvalue weighted by Crippen LogP contribution is -1.99. The molecule has 32 heavy (non-hydrogen) atoms. The van der Waals surface area contributed by atoms with Crippen molar-refractivity contribution < 1.29 is 14.2 Å². The molecule has 2 N–H and O–H groups in total. The van der Waals surface area contributed by atoms with Gasteiger partial charge in [0.2, 0.25) is 0 Å². The molecule has 0 aliphatic carbocycles. The third-order valence-corrected chi connectivity index (χ3v) is 5.24. The fourth-order valence-electron chi connectivity index (χ4n) is 3.67. The number of ether oxygens (including phenoxy) is 3. The zero-order chi connectivity index (χ0) is 22.1. The summed E-state index contributed by atoms with van der Waals surface area (Å²) in [6.45, 7) is 0. The standard InChI is InChI=1S/C24H21N5O3/c1-30-15-11-17-22(21(12-15)32-3)25-13-26-23(17)27-14-8-9-20(31-2)16(10-14)24-28-18-6-4-5-7-19(18)29-24/h4-13H,1-3H3,(H,28,29)(H,25,26,27). The zero-order valence-electron chi connectivity index (χ0n) is 17.8. The van der Waals surface area contributed by atoms with Gasteiger partial charge in [0.15, 0.2) is 0 Å². The smallest absolute Gasteiger partial charge is 0.148 e. The molecule has 0 bridgehead atoms. The molecule has 0 aliphatic heterocycles. The van der Waals surface area contributed by atoms with E-state index in [9.17, 15) is 0 Å². The topological polar surface area (TPSA) is 94.2 Å². The predicted octanol–water partition coefficient (Wildman–Crippen LogP) is 4.94. The second-order valence-corrected chi connectivity index (χ2v) is 7.09. The van der Waals surface area contributed by atoms with Gasteiger partial charge in [0.25, 0.3) is 0 Å². The number of hydrogen-bond donors (Lipinski definition) is 2. The van der Waals surface area contributed by atoms with E-state index in [4.69, 9.17) is 19.2 Å². The maximum Gasteiger partial charge on any atom is 0.148 e. The molecule has 0 radical (unpaired) electrons. The van der Waals surface area contributed by atoms with E-state index in [1.807, 2.05) is 48.5 Å². The van der Waals surface area contributed by atoms with E-state index in [0.717, 1.165) is 33.5 Å². The molecule has 0 unspecified atom stereocenters. The van der Waals surface area contributed by atoms with Crippen LogP contribution in [0.2, 0.25) is 0 Å². The SMILES string of the molecule is COc1cc(OC)c2ncnc(Nc3ccc(OC)c(-c4nc5ccccc5[nH]4)c3)c2c1. The van der Waals surface area contributed by atoms with Crippen LogP contribution in [0.25, 0.3) is 33.3 Å². The number of aromatic nitrogens is 4. The average Bonchev–Trinajstić information content (AvgIpc) is 3.28. The first-order valence-electron chi connectivity index (χ1n) is 9.97. The van der Waals surface area contributed by atoms with Crippen LogP contribution in [0, 0.1) is 0 Å². The highest BCUT2D eigenvalue weighted by Crippen LogP contribution is 2.36. The Bertz CT molecular complexity index is 1400. The van der Waals surface area contributed by atoms with Crippen molar-refractivity contribution in [3.63, 3.8) is 0 Å². The van der Waals surface area contributed by atoms with Crippen molar-refractivity contribution in [2.24, 2.45) is 0 Å². The molecule has 2 aromatic heterocycles. The van der Waals surface area contributed by atoms with Gasteiger partial charge in [-0.15, -0.1) is 0 Å². The molecule has 0 saturated heterocycles. The maximum absolute atomic E-state index is 5.59. The molecule has 5 rings (SSSR count). The number of fused-ring (bicyclic) bond motifs is 2. The van der Waals surface area contributed by atoms with Crippen LogP contribution in [-0.2, 0) is 0 Å². The Morgan fingerprint density at radius 2 is 1.69 bits per heavy atom. The fourth-order valence-corrected chi connectivity index (χ4v) is 3.67. The summed E-state index contributed by atoms with van der Waals surface area (Å²) in [7, 11) is 4.86. The molecule has 0 atom stereocenters. The van der Waals surface area contributed by atoms with Crippen LogP contribution in [0.1, 0.15) is 0 Å². The molecule has 8 nitrogen and oxygen atoms in total. The Morgan fingerprint density at radius 3 is 2.47 bits per heavy atom. The van der Waals surface area contributed by atoms with Crippen LogP contribution >= 0.6 is 0 Å². The summed E-state index contributed by atoms with van der Waals surface area (Å²) < 4.78 is 16.5. The summed E-state index contributed by atoms with van der Waals surface area (Å²) in [5, 5.41) is 4.17. The lowest BCUT2D eigenvalue weighted by Gasteiger charge is -2.13. The number of imidazole rings is 1. The summed E-state index contributed by atoms with van der Waals surface area (Å²) in [6.07, 6.45) is 1.50. The minimum atomic E-state index is 0.613. The van der Waals surface area contributed by atoms with Crippen molar-refractivity contribution in [2.45, 2.75) is 0 Å². The van der Waals surface area contributed by atoms with E-state index in [1.165, 1.54) is 6.33 Å². The van der Waals surface area contributed by atoms with E-state index in [-0.39, 0.29) is 0 Å². The van der Waals surface area contributed by atoms with Gasteiger partial charge in [-0.2, -0.15) is 0 Å². The Hall–Kier alpha value is -4.33. The van der Waals surface area contributed by atoms with E-state index in [0.29, 0.717) is 28.6 Å². The molecule has 0 aliphatic rings. The Morgan fingerprint density at radius 1 is 0.844 bits per heavy atom. The average molecular weight is 427 g/mol. The van der Waals surface area contributed by atoms with Crippen molar-refractivity contribution in [2.75, 3.05) is 26.6 Å². The number of aromatic amines is 1. The number of benzene rings is 3. The lowest BCUT2D eigenvalue weighted by atomic mass is 10.1. The van der Waals surface area contributed by atoms with E-state index < -0.39 is 0 Å². The van der Waals surface area contributed by atoms with Gasteiger partial charge in [0, 0.05) is 11.8 Å². The number of H-pyrrole nitrogens is 1. The van der Waals surface area contributed by atoms with Gasteiger partial charge in [-0.05, 0) is 36.4 Å². The summed E-state index contributed by atoms with van der Waals surface area (Å²) in [5.41, 5.74) is 4.20. The number of hydrogen-bond acceptors (Lipinski definition) is 7. The zero-order valence-corrected chi connectivity index (χ0v) is 17.8. The summed E-state index contributed by atoms with van der Waals surface area (Å²) in [6, 6.07) is 17.4. The van der Waals surface area contributed by atoms with Crippen molar-refractivity contribution in [1.29, 1.82) is 0 Å². The Labute approximate surface area is 184 Å². The van der Waals surface area contributed by atoms with E-state index in [1.54, 1.807) is 27.4 Å². The Kier molecular flexibility index (Phi) is 4.95. The number of methoxy groups -OCH3 is 3. The number of anilines is 2. The number of nitrogens with one attached hydrogen (secondary N) is 2. The van der Waals surface area contributed by atoms with Gasteiger partial charge < -0.3 is 24.5 Å². The molecule has 8 heteroatoms. The van der Waals surface area contributed by atoms with Crippen LogP contribution in [0.15, 0.2) is 60.9 Å². The third kappa shape index (κ3) is 3.41. The highest BCUT2D eigenvalue weighted by Gasteiger charge is 2.15.